The van der Waals surface area contributed by atoms with Crippen LogP contribution in [0.5, 0.6) is 0 Å². The molecule has 2 heterocycles. The molecule has 0 bridgehead atoms. The lowest BCUT2D eigenvalue weighted by Gasteiger charge is -2.26. The number of carboxylic acid groups (broad SMARTS) is 1. The first kappa shape index (κ1) is 13.1. The number of benzene rings is 1. The van der Waals surface area contributed by atoms with Crippen molar-refractivity contribution in [2.45, 2.75) is 18.7 Å². The van der Waals surface area contributed by atoms with Crippen molar-refractivity contribution >= 4 is 17.7 Å². The molecule has 0 amide bonds. The second-order valence-corrected chi connectivity index (χ2v) is 5.65. The Morgan fingerprint density at radius 3 is 2.80 bits per heavy atom. The van der Waals surface area contributed by atoms with E-state index in [4.69, 9.17) is 5.11 Å². The van der Waals surface area contributed by atoms with Crippen LogP contribution in [0.1, 0.15) is 5.56 Å². The molecule has 1 aliphatic heterocycles. The molecule has 1 aromatic carbocycles. The van der Waals surface area contributed by atoms with Gasteiger partial charge in [0, 0.05) is 5.56 Å². The summed E-state index contributed by atoms with van der Waals surface area (Å²) in [7, 11) is 0. The Morgan fingerprint density at radius 2 is 2.10 bits per heavy atom. The van der Waals surface area contributed by atoms with Gasteiger partial charge in [-0.3, -0.25) is 14.3 Å². The third-order valence-corrected chi connectivity index (χ3v) is 4.16. The Balaban J connectivity index is 1.90. The molecule has 0 saturated carbocycles. The predicted octanol–water partition coefficient (Wildman–Crippen LogP) is 1.66. The van der Waals surface area contributed by atoms with Crippen LogP contribution >= 0.6 is 11.8 Å². The first-order valence-electron chi connectivity index (χ1n) is 6.20. The molecule has 0 unspecified atom stereocenters. The Bertz CT molecular complexity index is 638. The fourth-order valence-electron chi connectivity index (χ4n) is 2.12. The fourth-order valence-corrected chi connectivity index (χ4v) is 2.99. The van der Waals surface area contributed by atoms with Crippen LogP contribution in [0.15, 0.2) is 29.4 Å². The van der Waals surface area contributed by atoms with Gasteiger partial charge in [-0.2, -0.15) is 0 Å². The molecule has 1 aromatic heterocycles. The summed E-state index contributed by atoms with van der Waals surface area (Å²) in [5.41, 5.74) is 2.18. The lowest BCUT2D eigenvalue weighted by Crippen LogP contribution is -2.34. The highest BCUT2D eigenvalue weighted by molar-refractivity contribution is 7.99. The summed E-state index contributed by atoms with van der Waals surface area (Å²) in [6.45, 7) is 2.57. The number of rotatable bonds is 3. The van der Waals surface area contributed by atoms with E-state index in [1.54, 1.807) is 0 Å². The van der Waals surface area contributed by atoms with Gasteiger partial charge in [0.15, 0.2) is 11.0 Å². The van der Waals surface area contributed by atoms with Crippen molar-refractivity contribution in [3.8, 4) is 11.4 Å². The van der Waals surface area contributed by atoms with Gasteiger partial charge in [-0.1, -0.05) is 41.6 Å². The van der Waals surface area contributed by atoms with Crippen molar-refractivity contribution in [1.82, 2.24) is 19.7 Å². The topological polar surface area (TPSA) is 71.2 Å². The van der Waals surface area contributed by atoms with Crippen molar-refractivity contribution in [2.24, 2.45) is 0 Å². The molecule has 2 aromatic rings. The zero-order chi connectivity index (χ0) is 14.1. The molecular formula is C13H14N4O2S. The van der Waals surface area contributed by atoms with Crippen LogP contribution in [0, 0.1) is 6.92 Å². The van der Waals surface area contributed by atoms with E-state index in [9.17, 15) is 4.79 Å². The molecule has 3 rings (SSSR count). The van der Waals surface area contributed by atoms with Gasteiger partial charge in [0.25, 0.3) is 0 Å². The Hall–Kier alpha value is -1.86. The number of aromatic nitrogens is 3. The highest BCUT2D eigenvalue weighted by Gasteiger charge is 2.23. The van der Waals surface area contributed by atoms with Crippen LogP contribution in [0.3, 0.4) is 0 Å². The third kappa shape index (κ3) is 2.54. The van der Waals surface area contributed by atoms with E-state index in [0.29, 0.717) is 12.5 Å². The molecule has 7 heteroatoms. The Kier molecular flexibility index (Phi) is 3.45. The van der Waals surface area contributed by atoms with Gasteiger partial charge in [-0.15, -0.1) is 10.2 Å². The number of carbonyl (C=O) groups is 1. The van der Waals surface area contributed by atoms with E-state index >= 15 is 0 Å². The summed E-state index contributed by atoms with van der Waals surface area (Å²) in [6.07, 6.45) is 0. The molecule has 20 heavy (non-hydrogen) atoms. The first-order chi connectivity index (χ1) is 9.63. The van der Waals surface area contributed by atoms with Crippen LogP contribution in [0.2, 0.25) is 0 Å². The minimum absolute atomic E-state index is 0.0258. The minimum Gasteiger partial charge on any atom is -0.480 e. The smallest absolute Gasteiger partial charge is 0.317 e. The van der Waals surface area contributed by atoms with Gasteiger partial charge in [-0.25, -0.2) is 0 Å². The van der Waals surface area contributed by atoms with Crippen LogP contribution in [-0.2, 0) is 11.5 Å². The summed E-state index contributed by atoms with van der Waals surface area (Å²) >= 11 is 1.51. The largest absolute Gasteiger partial charge is 0.480 e. The number of thioether (sulfide) groups is 1. The van der Waals surface area contributed by atoms with Crippen LogP contribution < -0.4 is 0 Å². The number of carboxylic acids is 1. The number of aryl methyl sites for hydroxylation is 1. The Labute approximate surface area is 120 Å². The maximum atomic E-state index is 10.8. The highest BCUT2D eigenvalue weighted by atomic mass is 32.2. The summed E-state index contributed by atoms with van der Waals surface area (Å²) in [5, 5.41) is 18.1. The normalized spacial score (nSPS) is 15.1. The molecule has 0 aliphatic carbocycles. The zero-order valence-corrected chi connectivity index (χ0v) is 11.8. The van der Waals surface area contributed by atoms with E-state index in [-0.39, 0.29) is 6.54 Å². The van der Waals surface area contributed by atoms with Crippen LogP contribution in [0.25, 0.3) is 11.4 Å². The standard InChI is InChI=1S/C13H14N4O2S/c1-9-2-4-10(5-3-9)12-14-15-13-17(12)7-16(8-20-13)6-11(18)19/h2-5H,6-8H2,1H3,(H,18,19). The first-order valence-corrected chi connectivity index (χ1v) is 7.19. The van der Waals surface area contributed by atoms with E-state index in [0.717, 1.165) is 16.5 Å². The lowest BCUT2D eigenvalue weighted by molar-refractivity contribution is -0.138. The van der Waals surface area contributed by atoms with Crippen molar-refractivity contribution < 1.29 is 9.90 Å². The van der Waals surface area contributed by atoms with Crippen molar-refractivity contribution in [3.63, 3.8) is 0 Å². The van der Waals surface area contributed by atoms with Gasteiger partial charge in [0.1, 0.15) is 0 Å². The maximum absolute atomic E-state index is 10.8. The van der Waals surface area contributed by atoms with E-state index in [2.05, 4.69) is 10.2 Å². The molecule has 0 atom stereocenters. The summed E-state index contributed by atoms with van der Waals surface area (Å²) in [6, 6.07) is 8.07. The lowest BCUT2D eigenvalue weighted by atomic mass is 10.1. The van der Waals surface area contributed by atoms with Gasteiger partial charge in [0.05, 0.1) is 19.1 Å². The summed E-state index contributed by atoms with van der Waals surface area (Å²) < 4.78 is 1.96. The number of nitrogens with zero attached hydrogens (tertiary/aromatic N) is 4. The molecule has 0 radical (unpaired) electrons. The van der Waals surface area contributed by atoms with E-state index < -0.39 is 5.97 Å². The number of aliphatic carboxylic acids is 1. The average Bonchev–Trinajstić information content (AvgIpc) is 2.82. The molecular weight excluding hydrogens is 276 g/mol. The second-order valence-electron chi connectivity index (χ2n) is 4.74. The predicted molar refractivity (Wildman–Crippen MR) is 75.3 cm³/mol. The number of fused-ring (bicyclic) bond motifs is 1. The van der Waals surface area contributed by atoms with E-state index in [1.165, 1.54) is 17.3 Å². The van der Waals surface area contributed by atoms with Crippen molar-refractivity contribution in [1.29, 1.82) is 0 Å². The minimum atomic E-state index is -0.820. The molecule has 104 valence electrons. The Morgan fingerprint density at radius 1 is 1.35 bits per heavy atom. The van der Waals surface area contributed by atoms with Gasteiger partial charge in [0.2, 0.25) is 0 Å². The van der Waals surface area contributed by atoms with Crippen LogP contribution in [0.4, 0.5) is 0 Å². The van der Waals surface area contributed by atoms with Crippen LogP contribution in [-0.4, -0.2) is 43.2 Å². The molecule has 6 nitrogen and oxygen atoms in total. The second kappa shape index (κ2) is 5.26. The van der Waals surface area contributed by atoms with Crippen molar-refractivity contribution in [2.75, 3.05) is 12.4 Å². The quantitative estimate of drug-likeness (QED) is 0.927. The fraction of sp³-hybridized carbons (Fsp3) is 0.308. The number of hydrogen-bond donors (Lipinski definition) is 1. The highest BCUT2D eigenvalue weighted by Crippen LogP contribution is 2.28. The SMILES string of the molecule is Cc1ccc(-c2nnc3n2CN(CC(=O)O)CS3)cc1. The van der Waals surface area contributed by atoms with E-state index in [1.807, 2.05) is 40.7 Å². The molecule has 1 N–H and O–H groups in total. The zero-order valence-electron chi connectivity index (χ0n) is 11.0. The van der Waals surface area contributed by atoms with Crippen molar-refractivity contribution in [3.05, 3.63) is 29.8 Å². The maximum Gasteiger partial charge on any atom is 0.317 e. The monoisotopic (exact) mass is 290 g/mol. The average molecular weight is 290 g/mol. The van der Waals surface area contributed by atoms with Gasteiger partial charge < -0.3 is 5.11 Å². The molecule has 0 spiro atoms. The molecule has 0 saturated heterocycles. The summed E-state index contributed by atoms with van der Waals surface area (Å²) in [5.74, 6) is 0.583. The third-order valence-electron chi connectivity index (χ3n) is 3.10. The molecule has 1 aliphatic rings. The molecule has 0 fully saturated rings. The van der Waals surface area contributed by atoms with Gasteiger partial charge >= 0.3 is 5.97 Å². The summed E-state index contributed by atoms with van der Waals surface area (Å²) in [4.78, 5) is 12.7. The van der Waals surface area contributed by atoms with Gasteiger partial charge in [-0.05, 0) is 6.92 Å². The number of hydrogen-bond acceptors (Lipinski definition) is 5.